The van der Waals surface area contributed by atoms with E-state index in [4.69, 9.17) is 5.73 Å². The summed E-state index contributed by atoms with van der Waals surface area (Å²) in [5.74, 6) is 0. The SMILES string of the molecule is Cc1cccc(N2CCN(c3ccc(N)c(C)c3)CC2)c1. The summed E-state index contributed by atoms with van der Waals surface area (Å²) in [5.41, 5.74) is 11.9. The number of hydrogen-bond donors (Lipinski definition) is 1. The Morgan fingerprint density at radius 3 is 2.00 bits per heavy atom. The maximum absolute atomic E-state index is 5.90. The summed E-state index contributed by atoms with van der Waals surface area (Å²) in [5, 5.41) is 0. The summed E-state index contributed by atoms with van der Waals surface area (Å²) in [6, 6.07) is 15.1. The van der Waals surface area contributed by atoms with Crippen molar-refractivity contribution < 1.29 is 0 Å². The molecule has 0 aromatic heterocycles. The van der Waals surface area contributed by atoms with Crippen LogP contribution in [0.5, 0.6) is 0 Å². The molecule has 110 valence electrons. The summed E-state index contributed by atoms with van der Waals surface area (Å²) in [6.45, 7) is 8.45. The molecule has 3 heteroatoms. The van der Waals surface area contributed by atoms with Crippen LogP contribution in [-0.2, 0) is 0 Å². The van der Waals surface area contributed by atoms with Crippen LogP contribution >= 0.6 is 0 Å². The van der Waals surface area contributed by atoms with Crippen molar-refractivity contribution in [3.63, 3.8) is 0 Å². The lowest BCUT2D eigenvalue weighted by atomic mass is 10.1. The van der Waals surface area contributed by atoms with Crippen molar-refractivity contribution in [1.82, 2.24) is 0 Å². The molecule has 2 N–H and O–H groups in total. The molecule has 1 fully saturated rings. The van der Waals surface area contributed by atoms with E-state index in [-0.39, 0.29) is 0 Å². The lowest BCUT2D eigenvalue weighted by Gasteiger charge is -2.37. The van der Waals surface area contributed by atoms with Gasteiger partial charge in [0.2, 0.25) is 0 Å². The quantitative estimate of drug-likeness (QED) is 0.858. The average molecular weight is 281 g/mol. The van der Waals surface area contributed by atoms with Gasteiger partial charge in [0.1, 0.15) is 0 Å². The first-order chi connectivity index (χ1) is 10.1. The van der Waals surface area contributed by atoms with E-state index in [1.807, 2.05) is 6.07 Å². The van der Waals surface area contributed by atoms with Crippen LogP contribution < -0.4 is 15.5 Å². The highest BCUT2D eigenvalue weighted by molar-refractivity contribution is 5.59. The lowest BCUT2D eigenvalue weighted by Crippen LogP contribution is -2.46. The molecule has 0 spiro atoms. The van der Waals surface area contributed by atoms with Crippen LogP contribution in [-0.4, -0.2) is 26.2 Å². The Balaban J connectivity index is 1.68. The summed E-state index contributed by atoms with van der Waals surface area (Å²) in [4.78, 5) is 4.91. The van der Waals surface area contributed by atoms with Gasteiger partial charge in [-0.1, -0.05) is 12.1 Å². The first-order valence-electron chi connectivity index (χ1n) is 7.56. The minimum Gasteiger partial charge on any atom is -0.399 e. The highest BCUT2D eigenvalue weighted by atomic mass is 15.3. The van der Waals surface area contributed by atoms with Crippen molar-refractivity contribution in [2.45, 2.75) is 13.8 Å². The third kappa shape index (κ3) is 2.97. The van der Waals surface area contributed by atoms with Crippen LogP contribution in [0.4, 0.5) is 17.1 Å². The molecule has 0 atom stereocenters. The largest absolute Gasteiger partial charge is 0.399 e. The Labute approximate surface area is 127 Å². The fourth-order valence-corrected chi connectivity index (χ4v) is 2.90. The fourth-order valence-electron chi connectivity index (χ4n) is 2.90. The zero-order chi connectivity index (χ0) is 14.8. The van der Waals surface area contributed by atoms with Crippen LogP contribution in [0.15, 0.2) is 42.5 Å². The molecule has 3 nitrogen and oxygen atoms in total. The fraction of sp³-hybridized carbons (Fsp3) is 0.333. The van der Waals surface area contributed by atoms with Gasteiger partial charge in [-0.2, -0.15) is 0 Å². The van der Waals surface area contributed by atoms with Gasteiger partial charge in [0, 0.05) is 43.2 Å². The maximum atomic E-state index is 5.90. The Bertz CT molecular complexity index is 628. The van der Waals surface area contributed by atoms with Crippen molar-refractivity contribution in [3.8, 4) is 0 Å². The van der Waals surface area contributed by atoms with E-state index in [0.717, 1.165) is 37.4 Å². The van der Waals surface area contributed by atoms with E-state index in [1.165, 1.54) is 16.9 Å². The average Bonchev–Trinajstić information content (AvgIpc) is 2.50. The Hall–Kier alpha value is -2.16. The highest BCUT2D eigenvalue weighted by Gasteiger charge is 2.17. The van der Waals surface area contributed by atoms with Gasteiger partial charge < -0.3 is 15.5 Å². The maximum Gasteiger partial charge on any atom is 0.0371 e. The molecule has 2 aromatic carbocycles. The second-order valence-electron chi connectivity index (χ2n) is 5.85. The molecule has 0 unspecified atom stereocenters. The predicted octanol–water partition coefficient (Wildman–Crippen LogP) is 3.21. The molecule has 1 heterocycles. The Kier molecular flexibility index (Phi) is 3.74. The van der Waals surface area contributed by atoms with E-state index in [1.54, 1.807) is 0 Å². The van der Waals surface area contributed by atoms with Crippen molar-refractivity contribution in [3.05, 3.63) is 53.6 Å². The second-order valence-corrected chi connectivity index (χ2v) is 5.85. The third-order valence-electron chi connectivity index (χ3n) is 4.27. The number of nitrogen functional groups attached to an aromatic ring is 1. The number of anilines is 3. The molecular weight excluding hydrogens is 258 g/mol. The van der Waals surface area contributed by atoms with Crippen molar-refractivity contribution in [2.24, 2.45) is 0 Å². The summed E-state index contributed by atoms with van der Waals surface area (Å²) in [6.07, 6.45) is 0. The lowest BCUT2D eigenvalue weighted by molar-refractivity contribution is 0.653. The van der Waals surface area contributed by atoms with Crippen LogP contribution in [0.25, 0.3) is 0 Å². The molecule has 1 aliphatic heterocycles. The van der Waals surface area contributed by atoms with E-state index in [0.29, 0.717) is 0 Å². The van der Waals surface area contributed by atoms with Gasteiger partial charge in [0.05, 0.1) is 0 Å². The monoisotopic (exact) mass is 281 g/mol. The number of rotatable bonds is 2. The standard InChI is InChI=1S/C18H23N3/c1-14-4-3-5-16(12-14)20-8-10-21(11-9-20)17-6-7-18(19)15(2)13-17/h3-7,12-13H,8-11,19H2,1-2H3. The molecule has 0 amide bonds. The second kappa shape index (κ2) is 5.68. The van der Waals surface area contributed by atoms with Crippen molar-refractivity contribution >= 4 is 17.1 Å². The van der Waals surface area contributed by atoms with Gasteiger partial charge in [-0.3, -0.25) is 0 Å². The van der Waals surface area contributed by atoms with E-state index >= 15 is 0 Å². The van der Waals surface area contributed by atoms with Crippen LogP contribution in [0, 0.1) is 13.8 Å². The molecule has 1 saturated heterocycles. The van der Waals surface area contributed by atoms with Gasteiger partial charge >= 0.3 is 0 Å². The van der Waals surface area contributed by atoms with E-state index in [9.17, 15) is 0 Å². The first kappa shape index (κ1) is 13.8. The number of piperazine rings is 1. The molecule has 0 saturated carbocycles. The molecule has 21 heavy (non-hydrogen) atoms. The van der Waals surface area contributed by atoms with Crippen molar-refractivity contribution in [2.75, 3.05) is 41.7 Å². The van der Waals surface area contributed by atoms with Gasteiger partial charge in [-0.25, -0.2) is 0 Å². The van der Waals surface area contributed by atoms with Gasteiger partial charge in [0.25, 0.3) is 0 Å². The molecule has 2 aromatic rings. The van der Waals surface area contributed by atoms with E-state index in [2.05, 4.69) is 60.0 Å². The molecule has 0 aliphatic carbocycles. The highest BCUT2D eigenvalue weighted by Crippen LogP contribution is 2.24. The smallest absolute Gasteiger partial charge is 0.0371 e. The molecule has 0 bridgehead atoms. The minimum absolute atomic E-state index is 0.872. The summed E-state index contributed by atoms with van der Waals surface area (Å²) >= 11 is 0. The summed E-state index contributed by atoms with van der Waals surface area (Å²) in [7, 11) is 0. The van der Waals surface area contributed by atoms with Crippen LogP contribution in [0.1, 0.15) is 11.1 Å². The minimum atomic E-state index is 0.872. The third-order valence-corrected chi connectivity index (χ3v) is 4.27. The summed E-state index contributed by atoms with van der Waals surface area (Å²) < 4.78 is 0. The zero-order valence-electron chi connectivity index (χ0n) is 12.8. The number of benzene rings is 2. The van der Waals surface area contributed by atoms with Gasteiger partial charge in [0.15, 0.2) is 0 Å². The molecular formula is C18H23N3. The van der Waals surface area contributed by atoms with Crippen molar-refractivity contribution in [1.29, 1.82) is 0 Å². The van der Waals surface area contributed by atoms with Crippen LogP contribution in [0.3, 0.4) is 0 Å². The topological polar surface area (TPSA) is 32.5 Å². The van der Waals surface area contributed by atoms with Gasteiger partial charge in [-0.15, -0.1) is 0 Å². The molecule has 3 rings (SSSR count). The Morgan fingerprint density at radius 1 is 0.810 bits per heavy atom. The Morgan fingerprint density at radius 2 is 1.43 bits per heavy atom. The number of hydrogen-bond acceptors (Lipinski definition) is 3. The normalized spacial score (nSPS) is 15.3. The predicted molar refractivity (Wildman–Crippen MR) is 91.2 cm³/mol. The van der Waals surface area contributed by atoms with Crippen LogP contribution in [0.2, 0.25) is 0 Å². The van der Waals surface area contributed by atoms with Gasteiger partial charge in [-0.05, 0) is 55.3 Å². The zero-order valence-corrected chi connectivity index (χ0v) is 12.8. The number of nitrogens with two attached hydrogens (primary N) is 1. The van der Waals surface area contributed by atoms with E-state index < -0.39 is 0 Å². The first-order valence-corrected chi connectivity index (χ1v) is 7.56. The molecule has 1 aliphatic rings. The number of aryl methyl sites for hydroxylation is 2. The number of nitrogens with zero attached hydrogens (tertiary/aromatic N) is 2. The molecule has 0 radical (unpaired) electrons.